The van der Waals surface area contributed by atoms with E-state index >= 15 is 0 Å². The number of methoxy groups -OCH3 is 2. The second kappa shape index (κ2) is 8.81. The molecule has 1 aromatic carbocycles. The Bertz CT molecular complexity index is 342. The van der Waals surface area contributed by atoms with Crippen molar-refractivity contribution in [2.24, 2.45) is 5.92 Å². The number of nitrogens with one attached hydrogen (secondary N) is 1. The van der Waals surface area contributed by atoms with E-state index in [-0.39, 0.29) is 0 Å². The minimum atomic E-state index is 0.725. The molecule has 0 atom stereocenters. The molecule has 0 radical (unpaired) electrons. The molecule has 1 N–H and O–H groups in total. The number of ether oxygens (including phenoxy) is 2. The second-order valence-electron chi connectivity index (χ2n) is 5.28. The van der Waals surface area contributed by atoms with Crippen molar-refractivity contribution in [1.29, 1.82) is 0 Å². The third kappa shape index (κ3) is 6.48. The highest BCUT2D eigenvalue weighted by molar-refractivity contribution is 5.38. The first kappa shape index (κ1) is 15.8. The lowest BCUT2D eigenvalue weighted by Gasteiger charge is -2.09. The molecular weight excluding hydrogens is 238 g/mol. The molecule has 3 heteroatoms. The zero-order valence-electron chi connectivity index (χ0n) is 12.7. The first-order valence-corrected chi connectivity index (χ1v) is 7.08. The lowest BCUT2D eigenvalue weighted by atomic mass is 10.1. The summed E-state index contributed by atoms with van der Waals surface area (Å²) < 4.78 is 10.6. The SMILES string of the molecule is COc1cc(CCCCNCC(C)C)cc(OC)c1. The van der Waals surface area contributed by atoms with Crippen molar-refractivity contribution >= 4 is 0 Å². The summed E-state index contributed by atoms with van der Waals surface area (Å²) in [5.74, 6) is 2.46. The van der Waals surface area contributed by atoms with Gasteiger partial charge in [-0.15, -0.1) is 0 Å². The van der Waals surface area contributed by atoms with Gasteiger partial charge >= 0.3 is 0 Å². The Hall–Kier alpha value is -1.22. The Kier molecular flexibility index (Phi) is 7.34. The van der Waals surface area contributed by atoms with Gasteiger partial charge in [0.25, 0.3) is 0 Å². The van der Waals surface area contributed by atoms with Gasteiger partial charge < -0.3 is 14.8 Å². The van der Waals surface area contributed by atoms with E-state index in [1.165, 1.54) is 18.4 Å². The smallest absolute Gasteiger partial charge is 0.122 e. The van der Waals surface area contributed by atoms with Crippen molar-refractivity contribution in [2.75, 3.05) is 27.3 Å². The summed E-state index contributed by atoms with van der Waals surface area (Å²) in [7, 11) is 3.38. The molecule has 19 heavy (non-hydrogen) atoms. The average molecular weight is 265 g/mol. The first-order chi connectivity index (χ1) is 9.15. The maximum absolute atomic E-state index is 5.28. The summed E-state index contributed by atoms with van der Waals surface area (Å²) in [5.41, 5.74) is 1.28. The van der Waals surface area contributed by atoms with Gasteiger partial charge in [-0.3, -0.25) is 0 Å². The molecule has 0 amide bonds. The highest BCUT2D eigenvalue weighted by Crippen LogP contribution is 2.23. The van der Waals surface area contributed by atoms with Crippen LogP contribution in [0.1, 0.15) is 32.3 Å². The maximum atomic E-state index is 5.28. The van der Waals surface area contributed by atoms with E-state index in [1.807, 2.05) is 6.07 Å². The van der Waals surface area contributed by atoms with Crippen LogP contribution < -0.4 is 14.8 Å². The molecule has 3 nitrogen and oxygen atoms in total. The minimum Gasteiger partial charge on any atom is -0.497 e. The summed E-state index contributed by atoms with van der Waals surface area (Å²) in [6, 6.07) is 6.09. The van der Waals surface area contributed by atoms with Crippen LogP contribution in [0.3, 0.4) is 0 Å². The quantitative estimate of drug-likeness (QED) is 0.695. The van der Waals surface area contributed by atoms with Crippen LogP contribution in [0.2, 0.25) is 0 Å². The Morgan fingerprint density at radius 1 is 1.00 bits per heavy atom. The van der Waals surface area contributed by atoms with Gasteiger partial charge in [-0.25, -0.2) is 0 Å². The van der Waals surface area contributed by atoms with E-state index in [1.54, 1.807) is 14.2 Å². The van der Waals surface area contributed by atoms with Gasteiger partial charge in [0.2, 0.25) is 0 Å². The Morgan fingerprint density at radius 2 is 1.63 bits per heavy atom. The van der Waals surface area contributed by atoms with E-state index in [0.717, 1.165) is 36.9 Å². The summed E-state index contributed by atoms with van der Waals surface area (Å²) in [4.78, 5) is 0. The van der Waals surface area contributed by atoms with Crippen LogP contribution in [0, 0.1) is 5.92 Å². The normalized spacial score (nSPS) is 10.8. The van der Waals surface area contributed by atoms with Gasteiger partial charge in [0.05, 0.1) is 14.2 Å². The Labute approximate surface area is 117 Å². The fourth-order valence-electron chi connectivity index (χ4n) is 1.98. The molecule has 0 aliphatic rings. The molecule has 0 aliphatic carbocycles. The zero-order valence-corrected chi connectivity index (χ0v) is 12.7. The molecule has 1 aromatic rings. The minimum absolute atomic E-state index is 0.725. The number of benzene rings is 1. The van der Waals surface area contributed by atoms with Crippen LogP contribution in [0.4, 0.5) is 0 Å². The molecule has 1 rings (SSSR count). The van der Waals surface area contributed by atoms with Gasteiger partial charge in [-0.05, 0) is 56.0 Å². The van der Waals surface area contributed by atoms with E-state index in [2.05, 4.69) is 31.3 Å². The summed E-state index contributed by atoms with van der Waals surface area (Å²) in [6.07, 6.45) is 3.45. The fraction of sp³-hybridized carbons (Fsp3) is 0.625. The first-order valence-electron chi connectivity index (χ1n) is 7.08. The Balaban J connectivity index is 2.32. The molecule has 0 saturated carbocycles. The number of rotatable bonds is 9. The van der Waals surface area contributed by atoms with E-state index in [9.17, 15) is 0 Å². The van der Waals surface area contributed by atoms with Crippen molar-refractivity contribution in [3.63, 3.8) is 0 Å². The summed E-state index contributed by atoms with van der Waals surface area (Å²) in [6.45, 7) is 6.66. The van der Waals surface area contributed by atoms with Gasteiger partial charge in [0.15, 0.2) is 0 Å². The van der Waals surface area contributed by atoms with Crippen molar-refractivity contribution in [3.8, 4) is 11.5 Å². The van der Waals surface area contributed by atoms with Crippen LogP contribution in [-0.2, 0) is 6.42 Å². The molecule has 108 valence electrons. The monoisotopic (exact) mass is 265 g/mol. The fourth-order valence-corrected chi connectivity index (χ4v) is 1.98. The van der Waals surface area contributed by atoms with Gasteiger partial charge in [0, 0.05) is 6.07 Å². The molecule has 0 fully saturated rings. The summed E-state index contributed by atoms with van der Waals surface area (Å²) in [5, 5.41) is 3.47. The van der Waals surface area contributed by atoms with Gasteiger partial charge in [-0.1, -0.05) is 13.8 Å². The number of unbranched alkanes of at least 4 members (excludes halogenated alkanes) is 1. The van der Waals surface area contributed by atoms with Crippen molar-refractivity contribution in [1.82, 2.24) is 5.32 Å². The molecule has 0 aromatic heterocycles. The standard InChI is InChI=1S/C16H27NO2/c1-13(2)12-17-8-6-5-7-14-9-15(18-3)11-16(10-14)19-4/h9-11,13,17H,5-8,12H2,1-4H3. The van der Waals surface area contributed by atoms with Crippen molar-refractivity contribution < 1.29 is 9.47 Å². The van der Waals surface area contributed by atoms with Gasteiger partial charge in [-0.2, -0.15) is 0 Å². The molecule has 0 saturated heterocycles. The van der Waals surface area contributed by atoms with Crippen LogP contribution >= 0.6 is 0 Å². The zero-order chi connectivity index (χ0) is 14.1. The van der Waals surface area contributed by atoms with E-state index < -0.39 is 0 Å². The largest absolute Gasteiger partial charge is 0.497 e. The molecule has 0 heterocycles. The van der Waals surface area contributed by atoms with E-state index in [0.29, 0.717) is 0 Å². The number of hydrogen-bond donors (Lipinski definition) is 1. The number of aryl methyl sites for hydroxylation is 1. The lowest BCUT2D eigenvalue weighted by molar-refractivity contribution is 0.393. The third-order valence-electron chi connectivity index (χ3n) is 3.03. The van der Waals surface area contributed by atoms with Crippen molar-refractivity contribution in [2.45, 2.75) is 33.1 Å². The lowest BCUT2D eigenvalue weighted by Crippen LogP contribution is -2.20. The molecule has 0 bridgehead atoms. The number of hydrogen-bond acceptors (Lipinski definition) is 3. The van der Waals surface area contributed by atoms with Crippen molar-refractivity contribution in [3.05, 3.63) is 23.8 Å². The molecule has 0 unspecified atom stereocenters. The highest BCUT2D eigenvalue weighted by Gasteiger charge is 2.02. The summed E-state index contributed by atoms with van der Waals surface area (Å²) >= 11 is 0. The van der Waals surface area contributed by atoms with Crippen LogP contribution in [0.5, 0.6) is 11.5 Å². The average Bonchev–Trinajstić information content (AvgIpc) is 2.41. The van der Waals surface area contributed by atoms with Crippen LogP contribution in [-0.4, -0.2) is 27.3 Å². The highest BCUT2D eigenvalue weighted by atomic mass is 16.5. The van der Waals surface area contributed by atoms with Crippen LogP contribution in [0.25, 0.3) is 0 Å². The molecule has 0 spiro atoms. The van der Waals surface area contributed by atoms with Crippen LogP contribution in [0.15, 0.2) is 18.2 Å². The third-order valence-corrected chi connectivity index (χ3v) is 3.03. The predicted octanol–water partition coefficient (Wildman–Crippen LogP) is 3.27. The molecule has 0 aliphatic heterocycles. The van der Waals surface area contributed by atoms with Gasteiger partial charge in [0.1, 0.15) is 11.5 Å². The maximum Gasteiger partial charge on any atom is 0.122 e. The topological polar surface area (TPSA) is 30.5 Å². The molecular formula is C16H27NO2. The Morgan fingerprint density at radius 3 is 2.16 bits per heavy atom. The van der Waals surface area contributed by atoms with E-state index in [4.69, 9.17) is 9.47 Å². The second-order valence-corrected chi connectivity index (χ2v) is 5.28. The predicted molar refractivity (Wildman–Crippen MR) is 80.2 cm³/mol.